The zero-order valence-electron chi connectivity index (χ0n) is 14.0. The van der Waals surface area contributed by atoms with E-state index < -0.39 is 0 Å². The van der Waals surface area contributed by atoms with Crippen molar-refractivity contribution in [2.75, 3.05) is 7.05 Å². The molecule has 0 saturated heterocycles. The van der Waals surface area contributed by atoms with E-state index in [2.05, 4.69) is 80.4 Å². The molecule has 0 aromatic heterocycles. The predicted molar refractivity (Wildman–Crippen MR) is 96.8 cm³/mol. The Bertz CT molecular complexity index is 721. The van der Waals surface area contributed by atoms with E-state index >= 15 is 0 Å². The van der Waals surface area contributed by atoms with Crippen LogP contribution in [0.5, 0.6) is 0 Å². The molecule has 22 heavy (non-hydrogen) atoms. The Hall–Kier alpha value is -2.04. The zero-order chi connectivity index (χ0) is 16.0. The van der Waals surface area contributed by atoms with Crippen molar-refractivity contribution < 1.29 is 0 Å². The summed E-state index contributed by atoms with van der Waals surface area (Å²) >= 11 is 0. The van der Waals surface area contributed by atoms with Gasteiger partial charge in [0, 0.05) is 12.0 Å². The first kappa shape index (κ1) is 16.3. The van der Waals surface area contributed by atoms with Gasteiger partial charge in [-0.2, -0.15) is 0 Å². The molecule has 114 valence electrons. The van der Waals surface area contributed by atoms with Crippen molar-refractivity contribution >= 4 is 10.8 Å². The lowest BCUT2D eigenvalue weighted by atomic mass is 9.96. The summed E-state index contributed by atoms with van der Waals surface area (Å²) in [6.45, 7) is 7.27. The molecule has 0 atom stereocenters. The lowest BCUT2D eigenvalue weighted by Gasteiger charge is -2.11. The van der Waals surface area contributed by atoms with E-state index in [9.17, 15) is 0 Å². The van der Waals surface area contributed by atoms with Crippen LogP contribution in [0.1, 0.15) is 31.9 Å². The molecule has 0 fully saturated rings. The smallest absolute Gasteiger partial charge is 0.0233 e. The first-order valence-corrected chi connectivity index (χ1v) is 7.83. The van der Waals surface area contributed by atoms with Gasteiger partial charge < -0.3 is 5.32 Å². The van der Waals surface area contributed by atoms with Crippen LogP contribution in [0.2, 0.25) is 0 Å². The highest BCUT2D eigenvalue weighted by atomic mass is 14.8. The second-order valence-electron chi connectivity index (χ2n) is 6.58. The Kier molecular flexibility index (Phi) is 5.41. The Morgan fingerprint density at radius 3 is 2.59 bits per heavy atom. The maximum Gasteiger partial charge on any atom is 0.0233 e. The van der Waals surface area contributed by atoms with E-state index in [0.717, 1.165) is 13.0 Å². The number of allylic oxidation sites excluding steroid dienone is 2. The van der Waals surface area contributed by atoms with Crippen molar-refractivity contribution in [2.45, 2.75) is 33.7 Å². The molecule has 0 aliphatic rings. The highest BCUT2D eigenvalue weighted by Gasteiger charge is 2.05. The van der Waals surface area contributed by atoms with Crippen molar-refractivity contribution in [3.05, 3.63) is 59.7 Å². The summed E-state index contributed by atoms with van der Waals surface area (Å²) in [7, 11) is 2.00. The minimum absolute atomic E-state index is 0.0601. The summed E-state index contributed by atoms with van der Waals surface area (Å²) in [6.07, 6.45) is 5.05. The van der Waals surface area contributed by atoms with Gasteiger partial charge in [-0.25, -0.2) is 0 Å². The molecule has 2 rings (SSSR count). The van der Waals surface area contributed by atoms with Gasteiger partial charge in [-0.3, -0.25) is 0 Å². The van der Waals surface area contributed by atoms with Crippen molar-refractivity contribution in [1.82, 2.24) is 5.32 Å². The summed E-state index contributed by atoms with van der Waals surface area (Å²) in [5.74, 6) is 6.37. The van der Waals surface area contributed by atoms with Gasteiger partial charge in [0.05, 0.1) is 0 Å². The minimum atomic E-state index is 0.0601. The lowest BCUT2D eigenvalue weighted by Crippen LogP contribution is -2.08. The summed E-state index contributed by atoms with van der Waals surface area (Å²) in [6, 6.07) is 13.0. The predicted octanol–water partition coefficient (Wildman–Crippen LogP) is 4.71. The molecule has 1 nitrogen and oxygen atoms in total. The van der Waals surface area contributed by atoms with E-state index in [1.54, 1.807) is 0 Å². The molecule has 0 amide bonds. The maximum atomic E-state index is 3.29. The van der Waals surface area contributed by atoms with Crippen LogP contribution in [0.15, 0.2) is 48.6 Å². The molecule has 2 aromatic carbocycles. The summed E-state index contributed by atoms with van der Waals surface area (Å²) in [4.78, 5) is 0. The maximum absolute atomic E-state index is 3.29. The van der Waals surface area contributed by atoms with Crippen molar-refractivity contribution in [2.24, 2.45) is 5.41 Å². The van der Waals surface area contributed by atoms with Crippen LogP contribution >= 0.6 is 0 Å². The molecule has 0 radical (unpaired) electrons. The van der Waals surface area contributed by atoms with Crippen LogP contribution in [-0.2, 0) is 13.0 Å². The largest absolute Gasteiger partial charge is 0.316 e. The molecular weight excluding hydrogens is 266 g/mol. The molecule has 0 bridgehead atoms. The molecule has 0 aliphatic heterocycles. The monoisotopic (exact) mass is 291 g/mol. The van der Waals surface area contributed by atoms with Crippen LogP contribution in [0.3, 0.4) is 0 Å². The average Bonchev–Trinajstić information content (AvgIpc) is 2.48. The minimum Gasteiger partial charge on any atom is -0.316 e. The average molecular weight is 291 g/mol. The Balaban J connectivity index is 2.25. The second kappa shape index (κ2) is 7.29. The second-order valence-corrected chi connectivity index (χ2v) is 6.58. The van der Waals surface area contributed by atoms with Crippen LogP contribution in [0.25, 0.3) is 10.8 Å². The van der Waals surface area contributed by atoms with E-state index in [4.69, 9.17) is 0 Å². The normalized spacial score (nSPS) is 11.6. The zero-order valence-corrected chi connectivity index (χ0v) is 14.0. The third-order valence-corrected chi connectivity index (χ3v) is 3.48. The standard InChI is InChI=1S/C21H25N/c1-21(2,3)15-9-5-6-10-18-14-13-17-11-7-8-12-19(17)20(18)16-22-4/h5-8,11-14,22H,10,16H2,1-4H3/b6-5+. The highest BCUT2D eigenvalue weighted by Crippen LogP contribution is 2.23. The molecule has 1 heteroatoms. The first-order valence-electron chi connectivity index (χ1n) is 7.83. The van der Waals surface area contributed by atoms with Crippen LogP contribution < -0.4 is 5.32 Å². The number of benzene rings is 2. The van der Waals surface area contributed by atoms with Gasteiger partial charge >= 0.3 is 0 Å². The third kappa shape index (κ3) is 4.48. The number of rotatable bonds is 4. The Morgan fingerprint density at radius 1 is 1.09 bits per heavy atom. The number of hydrogen-bond acceptors (Lipinski definition) is 1. The molecule has 1 N–H and O–H groups in total. The summed E-state index contributed by atoms with van der Waals surface area (Å²) < 4.78 is 0. The summed E-state index contributed by atoms with van der Waals surface area (Å²) in [5.41, 5.74) is 2.81. The van der Waals surface area contributed by atoms with Crippen LogP contribution in [0.4, 0.5) is 0 Å². The van der Waals surface area contributed by atoms with Crippen molar-refractivity contribution in [3.63, 3.8) is 0 Å². The number of nitrogens with one attached hydrogen (secondary N) is 1. The molecule has 0 saturated carbocycles. The number of fused-ring (bicyclic) bond motifs is 1. The molecule has 0 aliphatic carbocycles. The van der Waals surface area contributed by atoms with Crippen LogP contribution in [-0.4, -0.2) is 7.05 Å². The highest BCUT2D eigenvalue weighted by molar-refractivity contribution is 5.86. The molecule has 2 aromatic rings. The fraction of sp³-hybridized carbons (Fsp3) is 0.333. The Morgan fingerprint density at radius 2 is 1.86 bits per heavy atom. The first-order chi connectivity index (χ1) is 10.5. The van der Waals surface area contributed by atoms with Gasteiger partial charge in [0.1, 0.15) is 0 Å². The van der Waals surface area contributed by atoms with E-state index in [1.807, 2.05) is 13.1 Å². The summed E-state index contributed by atoms with van der Waals surface area (Å²) in [5, 5.41) is 5.92. The molecule has 0 spiro atoms. The van der Waals surface area contributed by atoms with Crippen molar-refractivity contribution in [3.8, 4) is 11.8 Å². The Labute approximate surface area is 134 Å². The quantitative estimate of drug-likeness (QED) is 0.805. The van der Waals surface area contributed by atoms with E-state index in [1.165, 1.54) is 21.9 Å². The van der Waals surface area contributed by atoms with E-state index in [-0.39, 0.29) is 5.41 Å². The topological polar surface area (TPSA) is 12.0 Å². The van der Waals surface area contributed by atoms with Gasteiger partial charge in [-0.1, -0.05) is 54.3 Å². The molecular formula is C21H25N. The van der Waals surface area contributed by atoms with Gasteiger partial charge in [0.2, 0.25) is 0 Å². The van der Waals surface area contributed by atoms with Crippen LogP contribution in [0, 0.1) is 17.3 Å². The van der Waals surface area contributed by atoms with Gasteiger partial charge in [0.15, 0.2) is 0 Å². The van der Waals surface area contributed by atoms with Crippen molar-refractivity contribution in [1.29, 1.82) is 0 Å². The lowest BCUT2D eigenvalue weighted by molar-refractivity contribution is 0.571. The fourth-order valence-electron chi connectivity index (χ4n) is 2.46. The molecule has 0 heterocycles. The SMILES string of the molecule is CNCc1c(C/C=C/C#CC(C)(C)C)ccc2ccccc12. The van der Waals surface area contributed by atoms with E-state index in [0.29, 0.717) is 0 Å². The van der Waals surface area contributed by atoms with Gasteiger partial charge in [0.25, 0.3) is 0 Å². The van der Waals surface area contributed by atoms with Gasteiger partial charge in [-0.05, 0) is 62.2 Å². The molecule has 0 unspecified atom stereocenters. The van der Waals surface area contributed by atoms with Gasteiger partial charge in [-0.15, -0.1) is 0 Å². The third-order valence-electron chi connectivity index (χ3n) is 3.48. The fourth-order valence-corrected chi connectivity index (χ4v) is 2.46. The number of hydrogen-bond donors (Lipinski definition) is 1.